The topological polar surface area (TPSA) is 38.5 Å². The van der Waals surface area contributed by atoms with Gasteiger partial charge in [-0.3, -0.25) is 0 Å². The Kier molecular flexibility index (Phi) is 4.25. The van der Waals surface area contributed by atoms with E-state index in [-0.39, 0.29) is 0 Å². The van der Waals surface area contributed by atoms with Crippen LogP contribution in [0.5, 0.6) is 0 Å². The largest absolute Gasteiger partial charge is 0.427 e. The van der Waals surface area contributed by atoms with Gasteiger partial charge in [0.15, 0.2) is 0 Å². The van der Waals surface area contributed by atoms with Crippen LogP contribution in [0.2, 0.25) is 0 Å². The zero-order chi connectivity index (χ0) is 11.2. The summed E-state index contributed by atoms with van der Waals surface area (Å²) in [5, 5.41) is 0. The van der Waals surface area contributed by atoms with Crippen LogP contribution in [0.3, 0.4) is 0 Å². The Morgan fingerprint density at radius 2 is 2.12 bits per heavy atom. The zero-order valence-corrected chi connectivity index (χ0v) is 9.69. The molecule has 2 rings (SSSR count). The maximum Gasteiger partial charge on any atom is 0.281 e. The van der Waals surface area contributed by atoms with Crippen LogP contribution >= 0.6 is 0 Å². The van der Waals surface area contributed by atoms with Crippen molar-refractivity contribution in [1.82, 2.24) is 0 Å². The Hall–Kier alpha value is -0.995. The number of nitrogens with two attached hydrogens (primary N) is 1. The molecule has 86 valence electrons. The third-order valence-corrected chi connectivity index (χ3v) is 3.03. The van der Waals surface area contributed by atoms with Crippen LogP contribution < -0.4 is 10.6 Å². The Balaban J connectivity index is 1.95. The van der Waals surface area contributed by atoms with Crippen molar-refractivity contribution < 1.29 is 4.65 Å². The highest BCUT2D eigenvalue weighted by Gasteiger charge is 2.12. The van der Waals surface area contributed by atoms with Crippen molar-refractivity contribution in [1.29, 1.82) is 0 Å². The zero-order valence-electron chi connectivity index (χ0n) is 9.69. The number of anilines is 1. The minimum atomic E-state index is 0.311. The lowest BCUT2D eigenvalue weighted by atomic mass is 9.89. The van der Waals surface area contributed by atoms with E-state index in [1.165, 1.54) is 37.2 Å². The lowest BCUT2D eigenvalue weighted by Crippen LogP contribution is -2.17. The van der Waals surface area contributed by atoms with Crippen LogP contribution in [0, 0.1) is 0 Å². The van der Waals surface area contributed by atoms with E-state index in [1.807, 2.05) is 0 Å². The van der Waals surface area contributed by atoms with Crippen LogP contribution in [0.4, 0.5) is 5.69 Å². The van der Waals surface area contributed by atoms with Gasteiger partial charge in [-0.2, -0.15) is 0 Å². The van der Waals surface area contributed by atoms with Gasteiger partial charge in [0.25, 0.3) is 7.48 Å². The molecule has 0 amide bonds. The normalized spacial score (nSPS) is 15.4. The van der Waals surface area contributed by atoms with Gasteiger partial charge in [0.2, 0.25) is 0 Å². The van der Waals surface area contributed by atoms with E-state index >= 15 is 0 Å². The van der Waals surface area contributed by atoms with Crippen molar-refractivity contribution in [2.75, 3.05) is 24.7 Å². The van der Waals surface area contributed by atoms with E-state index in [0.29, 0.717) is 14.2 Å². The molecule has 1 saturated heterocycles. The average molecular weight is 218 g/mol. The molecule has 1 aromatic carbocycles. The van der Waals surface area contributed by atoms with Gasteiger partial charge in [0.05, 0.1) is 6.73 Å². The molecule has 4 heteroatoms. The first-order chi connectivity index (χ1) is 7.90. The van der Waals surface area contributed by atoms with E-state index < -0.39 is 0 Å². The summed E-state index contributed by atoms with van der Waals surface area (Å²) >= 11 is 0. The first kappa shape index (κ1) is 11.5. The molecular weight excluding hydrogens is 199 g/mol. The molecule has 1 fully saturated rings. The van der Waals surface area contributed by atoms with Crippen LogP contribution in [-0.4, -0.2) is 27.3 Å². The number of hydrogen-bond acceptors (Lipinski definition) is 3. The standard InChI is InChI=1S/C12H19BN2O/c14-10-16-13-9-11-4-3-5-12(8-11)15-6-1-2-7-15/h3-5,8,13H,1-2,6-7,9-10,14H2. The molecule has 0 aromatic heterocycles. The average Bonchev–Trinajstić information content (AvgIpc) is 2.83. The summed E-state index contributed by atoms with van der Waals surface area (Å²) in [7, 11) is 0.708. The highest BCUT2D eigenvalue weighted by Crippen LogP contribution is 2.21. The molecule has 0 saturated carbocycles. The summed E-state index contributed by atoms with van der Waals surface area (Å²) in [6, 6.07) is 8.74. The third-order valence-electron chi connectivity index (χ3n) is 3.03. The molecule has 3 nitrogen and oxygen atoms in total. The minimum absolute atomic E-state index is 0.311. The molecule has 2 N–H and O–H groups in total. The van der Waals surface area contributed by atoms with Crippen LogP contribution in [0.25, 0.3) is 0 Å². The van der Waals surface area contributed by atoms with Crippen molar-refractivity contribution in [2.45, 2.75) is 19.2 Å². The summed E-state index contributed by atoms with van der Waals surface area (Å²) in [6.45, 7) is 2.71. The van der Waals surface area contributed by atoms with Gasteiger partial charge in [-0.1, -0.05) is 17.7 Å². The van der Waals surface area contributed by atoms with E-state index in [2.05, 4.69) is 29.2 Å². The van der Waals surface area contributed by atoms with Crippen LogP contribution in [0.1, 0.15) is 18.4 Å². The van der Waals surface area contributed by atoms with Crippen molar-refractivity contribution in [3.8, 4) is 0 Å². The smallest absolute Gasteiger partial charge is 0.281 e. The summed E-state index contributed by atoms with van der Waals surface area (Å²) in [4.78, 5) is 2.45. The fraction of sp³-hybridized carbons (Fsp3) is 0.500. The second-order valence-electron chi connectivity index (χ2n) is 4.19. The van der Waals surface area contributed by atoms with Crippen LogP contribution in [-0.2, 0) is 11.0 Å². The van der Waals surface area contributed by atoms with Crippen molar-refractivity contribution >= 4 is 13.2 Å². The summed E-state index contributed by atoms with van der Waals surface area (Å²) in [5.74, 6) is 0. The monoisotopic (exact) mass is 218 g/mol. The Morgan fingerprint density at radius 1 is 1.31 bits per heavy atom. The second kappa shape index (κ2) is 5.92. The maximum absolute atomic E-state index is 5.29. The lowest BCUT2D eigenvalue weighted by Gasteiger charge is -2.18. The Labute approximate surface area is 97.9 Å². The molecule has 0 bridgehead atoms. The van der Waals surface area contributed by atoms with Crippen LogP contribution in [0.15, 0.2) is 24.3 Å². The van der Waals surface area contributed by atoms with E-state index in [1.54, 1.807) is 0 Å². The number of benzene rings is 1. The number of rotatable bonds is 5. The maximum atomic E-state index is 5.29. The summed E-state index contributed by atoms with van der Waals surface area (Å²) < 4.78 is 5.17. The first-order valence-corrected chi connectivity index (χ1v) is 6.02. The third kappa shape index (κ3) is 3.00. The molecule has 1 aliphatic rings. The van der Waals surface area contributed by atoms with Crippen molar-refractivity contribution in [3.05, 3.63) is 29.8 Å². The van der Waals surface area contributed by atoms with Gasteiger partial charge in [0, 0.05) is 18.8 Å². The molecule has 16 heavy (non-hydrogen) atoms. The molecule has 0 unspecified atom stereocenters. The van der Waals surface area contributed by atoms with Gasteiger partial charge in [-0.15, -0.1) is 0 Å². The SMILES string of the molecule is NCOBCc1cccc(N2CCCC2)c1. The number of nitrogens with zero attached hydrogens (tertiary/aromatic N) is 1. The van der Waals surface area contributed by atoms with Crippen molar-refractivity contribution in [3.63, 3.8) is 0 Å². The second-order valence-corrected chi connectivity index (χ2v) is 4.19. The first-order valence-electron chi connectivity index (χ1n) is 6.02. The molecule has 1 aliphatic heterocycles. The highest BCUT2D eigenvalue weighted by atomic mass is 16.4. The quantitative estimate of drug-likeness (QED) is 0.456. The predicted molar refractivity (Wildman–Crippen MR) is 68.9 cm³/mol. The predicted octanol–water partition coefficient (Wildman–Crippen LogP) is 1.07. The number of hydrogen-bond donors (Lipinski definition) is 1. The lowest BCUT2D eigenvalue weighted by molar-refractivity contribution is 0.348. The summed E-state index contributed by atoms with van der Waals surface area (Å²) in [5.41, 5.74) is 7.97. The molecule has 1 aromatic rings. The molecule has 0 spiro atoms. The molecule has 1 heterocycles. The Morgan fingerprint density at radius 3 is 2.88 bits per heavy atom. The minimum Gasteiger partial charge on any atom is -0.427 e. The molecule has 0 aliphatic carbocycles. The molecule has 0 radical (unpaired) electrons. The van der Waals surface area contributed by atoms with Gasteiger partial charge in [0.1, 0.15) is 0 Å². The molecular formula is C12H19BN2O. The van der Waals surface area contributed by atoms with Gasteiger partial charge < -0.3 is 15.3 Å². The van der Waals surface area contributed by atoms with Gasteiger partial charge in [-0.25, -0.2) is 0 Å². The molecule has 0 atom stereocenters. The fourth-order valence-corrected chi connectivity index (χ4v) is 2.16. The highest BCUT2D eigenvalue weighted by molar-refractivity contribution is 6.26. The summed E-state index contributed by atoms with van der Waals surface area (Å²) in [6.07, 6.45) is 3.58. The van der Waals surface area contributed by atoms with E-state index in [0.717, 1.165) is 6.32 Å². The van der Waals surface area contributed by atoms with Gasteiger partial charge in [-0.05, 0) is 31.3 Å². The van der Waals surface area contributed by atoms with Crippen molar-refractivity contribution in [2.24, 2.45) is 5.73 Å². The van der Waals surface area contributed by atoms with E-state index in [9.17, 15) is 0 Å². The Bertz CT molecular complexity index is 327. The van der Waals surface area contributed by atoms with E-state index in [4.69, 9.17) is 10.4 Å². The fourth-order valence-electron chi connectivity index (χ4n) is 2.16. The van der Waals surface area contributed by atoms with Gasteiger partial charge >= 0.3 is 0 Å².